The van der Waals surface area contributed by atoms with Gasteiger partial charge in [0.1, 0.15) is 16.3 Å². The van der Waals surface area contributed by atoms with Gasteiger partial charge in [0.25, 0.3) is 0 Å². The first kappa shape index (κ1) is 14.1. The topological polar surface area (TPSA) is 0 Å². The average Bonchev–Trinajstić information content (AvgIpc) is 2.51. The summed E-state index contributed by atoms with van der Waals surface area (Å²) in [5.74, 6) is -0.636. The minimum absolute atomic E-state index is 0. The quantitative estimate of drug-likeness (QED) is 0.559. The van der Waals surface area contributed by atoms with E-state index >= 15 is 0 Å². The molecule has 100 valence electrons. The maximum atomic E-state index is 13.1. The first-order valence-corrected chi connectivity index (χ1v) is 6.40. The third-order valence-corrected chi connectivity index (χ3v) is 4.82. The summed E-state index contributed by atoms with van der Waals surface area (Å²) in [4.78, 5) is 0.227. The number of allylic oxidation sites excluding steroid dienone is 4. The van der Waals surface area contributed by atoms with Crippen LogP contribution in [0.3, 0.4) is 0 Å². The van der Waals surface area contributed by atoms with Crippen molar-refractivity contribution in [2.45, 2.75) is 5.51 Å². The van der Waals surface area contributed by atoms with Gasteiger partial charge in [-0.2, -0.15) is 0 Å². The van der Waals surface area contributed by atoms with Gasteiger partial charge < -0.3 is 12.4 Å². The Labute approximate surface area is 115 Å². The van der Waals surface area contributed by atoms with E-state index in [-0.39, 0.29) is 22.0 Å². The van der Waals surface area contributed by atoms with Crippen LogP contribution in [0.5, 0.6) is 0 Å². The molecule has 1 atom stereocenters. The number of hydrogen-bond acceptors (Lipinski definition) is 0. The summed E-state index contributed by atoms with van der Waals surface area (Å²) in [6.45, 7) is 0. The molecule has 0 amide bonds. The molecule has 0 nitrogen and oxygen atoms in total. The second-order valence-electron chi connectivity index (χ2n) is 3.92. The Morgan fingerprint density at radius 3 is 2.26 bits per heavy atom. The van der Waals surface area contributed by atoms with Crippen LogP contribution in [0.1, 0.15) is 4.88 Å². The fourth-order valence-corrected chi connectivity index (χ4v) is 3.88. The SMILES string of the molecule is Fc1ccc2cc(C3=CC=C3)[s+](C(F)(F)F)c2c1.[Cl-]. The van der Waals surface area contributed by atoms with Crippen molar-refractivity contribution in [3.8, 4) is 0 Å². The van der Waals surface area contributed by atoms with Gasteiger partial charge in [0.05, 0.1) is 0 Å². The number of halogens is 5. The van der Waals surface area contributed by atoms with E-state index in [1.54, 1.807) is 18.2 Å². The molecule has 0 saturated heterocycles. The Hall–Kier alpha value is -1.33. The van der Waals surface area contributed by atoms with Gasteiger partial charge in [0.2, 0.25) is 0 Å². The molecule has 1 unspecified atom stereocenters. The molecular formula is C13H7ClF4S. The predicted molar refractivity (Wildman–Crippen MR) is 64.8 cm³/mol. The molecule has 0 spiro atoms. The zero-order valence-electron chi connectivity index (χ0n) is 9.34. The summed E-state index contributed by atoms with van der Waals surface area (Å²) in [5.41, 5.74) is -3.80. The monoisotopic (exact) mass is 306 g/mol. The summed E-state index contributed by atoms with van der Waals surface area (Å²) in [5, 5.41) is 0.452. The standard InChI is InChI=1S/C13H7F4S.ClH/c14-10-5-4-9-6-11(8-2-1-3-8)18(12(9)7-10)13(15,16)17;/h1-7H;1H/q+1;/p-1. The number of benzene rings is 1. The third-order valence-electron chi connectivity index (χ3n) is 2.77. The first-order chi connectivity index (χ1) is 8.47. The summed E-state index contributed by atoms with van der Waals surface area (Å²) < 4.78 is 52.6. The van der Waals surface area contributed by atoms with Gasteiger partial charge in [0, 0.05) is 23.1 Å². The van der Waals surface area contributed by atoms with E-state index in [2.05, 4.69) is 0 Å². The van der Waals surface area contributed by atoms with Gasteiger partial charge in [-0.3, -0.25) is 0 Å². The minimum atomic E-state index is -4.38. The third kappa shape index (κ3) is 2.28. The number of rotatable bonds is 1. The van der Waals surface area contributed by atoms with Crippen LogP contribution in [0.15, 0.2) is 42.5 Å². The van der Waals surface area contributed by atoms with Gasteiger partial charge in [-0.05, 0) is 24.3 Å². The molecule has 0 fully saturated rings. The Kier molecular flexibility index (Phi) is 3.45. The Morgan fingerprint density at radius 1 is 1.05 bits per heavy atom. The molecule has 0 N–H and O–H groups in total. The van der Waals surface area contributed by atoms with Crippen molar-refractivity contribution in [2.75, 3.05) is 0 Å². The van der Waals surface area contributed by atoms with Crippen LogP contribution < -0.4 is 12.4 Å². The van der Waals surface area contributed by atoms with Crippen LogP contribution in [-0.4, -0.2) is 0 Å². The average molecular weight is 307 g/mol. The second kappa shape index (κ2) is 4.65. The minimum Gasteiger partial charge on any atom is -1.00 e. The highest BCUT2D eigenvalue weighted by atomic mass is 35.5. The maximum Gasteiger partial charge on any atom is 0.601 e. The zero-order valence-corrected chi connectivity index (χ0v) is 10.9. The van der Waals surface area contributed by atoms with E-state index < -0.39 is 21.8 Å². The summed E-state index contributed by atoms with van der Waals surface area (Å²) in [7, 11) is -2.04. The largest absolute Gasteiger partial charge is 1.00 e. The Bertz CT molecular complexity index is 694. The number of fused-ring (bicyclic) bond motifs is 1. The molecule has 0 aliphatic heterocycles. The fraction of sp³-hybridized carbons (Fsp3) is 0.0769. The second-order valence-corrected chi connectivity index (χ2v) is 5.88. The molecule has 0 saturated carbocycles. The molecule has 1 aliphatic carbocycles. The van der Waals surface area contributed by atoms with E-state index in [1.807, 2.05) is 0 Å². The molecule has 6 heteroatoms. The Balaban J connectivity index is 0.00000133. The van der Waals surface area contributed by atoms with E-state index in [9.17, 15) is 17.6 Å². The molecule has 3 rings (SSSR count). The Morgan fingerprint density at radius 2 is 1.74 bits per heavy atom. The van der Waals surface area contributed by atoms with Crippen LogP contribution >= 0.6 is 10.5 Å². The first-order valence-electron chi connectivity index (χ1n) is 5.18. The lowest BCUT2D eigenvalue weighted by molar-refractivity contribution is -0.0866. The predicted octanol–water partition coefficient (Wildman–Crippen LogP) is 2.16. The number of thiophene rings is 1. The van der Waals surface area contributed by atoms with Crippen molar-refractivity contribution in [3.63, 3.8) is 0 Å². The smallest absolute Gasteiger partial charge is 0.601 e. The van der Waals surface area contributed by atoms with Gasteiger partial charge in [-0.25, -0.2) is 4.39 Å². The van der Waals surface area contributed by atoms with Crippen molar-refractivity contribution in [1.82, 2.24) is 0 Å². The van der Waals surface area contributed by atoms with Gasteiger partial charge in [-0.1, -0.05) is 6.08 Å². The molecule has 1 aromatic heterocycles. The molecule has 1 aromatic carbocycles. The van der Waals surface area contributed by atoms with E-state index in [4.69, 9.17) is 0 Å². The van der Waals surface area contributed by atoms with Crippen LogP contribution in [0, 0.1) is 5.82 Å². The highest BCUT2D eigenvalue weighted by Gasteiger charge is 2.48. The molecule has 1 heterocycles. The van der Waals surface area contributed by atoms with Crippen LogP contribution in [0.4, 0.5) is 17.6 Å². The summed E-state index contributed by atoms with van der Waals surface area (Å²) in [6.07, 6.45) is 4.97. The molecule has 1 aliphatic rings. The van der Waals surface area contributed by atoms with E-state index in [0.717, 1.165) is 6.07 Å². The summed E-state index contributed by atoms with van der Waals surface area (Å²) in [6, 6.07) is 5.06. The maximum absolute atomic E-state index is 13.1. The van der Waals surface area contributed by atoms with Crippen molar-refractivity contribution >= 4 is 26.1 Å². The molecule has 2 aromatic rings. The van der Waals surface area contributed by atoms with Crippen molar-refractivity contribution in [1.29, 1.82) is 0 Å². The van der Waals surface area contributed by atoms with Crippen LogP contribution in [-0.2, 0) is 5.51 Å². The molecule has 0 bridgehead atoms. The van der Waals surface area contributed by atoms with Gasteiger partial charge >= 0.3 is 5.51 Å². The zero-order chi connectivity index (χ0) is 12.9. The normalized spacial score (nSPS) is 14.9. The lowest BCUT2D eigenvalue weighted by atomic mass is 10.1. The summed E-state index contributed by atoms with van der Waals surface area (Å²) >= 11 is 0. The molecule has 0 radical (unpaired) electrons. The van der Waals surface area contributed by atoms with E-state index in [1.165, 1.54) is 18.2 Å². The van der Waals surface area contributed by atoms with Crippen LogP contribution in [0.2, 0.25) is 0 Å². The van der Waals surface area contributed by atoms with Gasteiger partial charge in [-0.15, -0.1) is 13.2 Å². The number of hydrogen-bond donors (Lipinski definition) is 0. The lowest BCUT2D eigenvalue weighted by Crippen LogP contribution is -3.00. The molecule has 19 heavy (non-hydrogen) atoms. The van der Waals surface area contributed by atoms with E-state index in [0.29, 0.717) is 11.0 Å². The van der Waals surface area contributed by atoms with Crippen molar-refractivity contribution in [2.24, 2.45) is 0 Å². The van der Waals surface area contributed by atoms with Crippen molar-refractivity contribution in [3.05, 3.63) is 53.2 Å². The highest BCUT2D eigenvalue weighted by molar-refractivity contribution is 7.39. The van der Waals surface area contributed by atoms with Crippen LogP contribution in [0.25, 0.3) is 15.7 Å². The lowest BCUT2D eigenvalue weighted by Gasteiger charge is -2.04. The number of alkyl halides is 3. The fourth-order valence-electron chi connectivity index (χ4n) is 1.93. The van der Waals surface area contributed by atoms with Crippen molar-refractivity contribution < 1.29 is 30.0 Å². The highest BCUT2D eigenvalue weighted by Crippen LogP contribution is 2.53. The molecular weight excluding hydrogens is 300 g/mol. The van der Waals surface area contributed by atoms with Gasteiger partial charge in [0.15, 0.2) is 9.58 Å².